The number of ether oxygens (including phenoxy) is 1. The van der Waals surface area contributed by atoms with Gasteiger partial charge in [0.15, 0.2) is 0 Å². The summed E-state index contributed by atoms with van der Waals surface area (Å²) in [6, 6.07) is 27.0. The molecule has 61 heavy (non-hydrogen) atoms. The van der Waals surface area contributed by atoms with Crippen LogP contribution in [0.25, 0.3) is 22.2 Å². The number of pyridine rings is 1. The van der Waals surface area contributed by atoms with Crippen LogP contribution in [0.2, 0.25) is 10.0 Å². The van der Waals surface area contributed by atoms with E-state index in [2.05, 4.69) is 54.1 Å². The second kappa shape index (κ2) is 18.6. The maximum atomic E-state index is 13.3. The van der Waals surface area contributed by atoms with Gasteiger partial charge in [0.25, 0.3) is 5.56 Å². The number of rotatable bonds is 8. The number of aromatic nitrogens is 3. The van der Waals surface area contributed by atoms with Crippen LogP contribution in [-0.4, -0.2) is 97.0 Å². The minimum atomic E-state index is -4.33. The lowest BCUT2D eigenvalue weighted by molar-refractivity contribution is -0.137. The number of benzene rings is 4. The molecule has 5 heterocycles. The zero-order valence-electron chi connectivity index (χ0n) is 33.8. The van der Waals surface area contributed by atoms with E-state index in [0.29, 0.717) is 50.4 Å². The predicted octanol–water partition coefficient (Wildman–Crippen LogP) is 9.83. The van der Waals surface area contributed by atoms with Crippen molar-refractivity contribution in [2.45, 2.75) is 22.4 Å². The average Bonchev–Trinajstić information content (AvgIpc) is 3.26. The highest BCUT2D eigenvalue weighted by molar-refractivity contribution is 7.99. The lowest BCUT2D eigenvalue weighted by atomic mass is 10.1. The molecule has 1 N–H and O–H groups in total. The standard InChI is InChI=1S/C24H21Cl2N5O2.C21H24F3N3S/c1-30-22-15(13-18(23(30)32)21-19(25)3-2-4-20(21)26)14-27-24(29-22)28-16-5-7-17(8-6-16)31-9-11-33-12-10-31;1-25-11-13-26(14-12-25)9-4-10-27-17-5-2-3-6-19(17)28-20-8-7-16(15-18(20)27)21(22,23)24/h2-8,13-14H,9-12H2,1H3,(H,27,28,29);2-3,5-8,15H,4,9-14H2,1H3. The summed E-state index contributed by atoms with van der Waals surface area (Å²) in [7, 11) is 3.81. The first-order valence-electron chi connectivity index (χ1n) is 20.1. The summed E-state index contributed by atoms with van der Waals surface area (Å²) in [5, 5.41) is 4.75. The van der Waals surface area contributed by atoms with Gasteiger partial charge in [0, 0.05) is 91.2 Å². The molecule has 0 atom stereocenters. The summed E-state index contributed by atoms with van der Waals surface area (Å²) < 4.78 is 46.7. The van der Waals surface area contributed by atoms with E-state index in [-0.39, 0.29) is 5.56 Å². The Kier molecular flexibility index (Phi) is 13.1. The summed E-state index contributed by atoms with van der Waals surface area (Å²) in [6.45, 7) is 9.18. The Morgan fingerprint density at radius 2 is 1.51 bits per heavy atom. The van der Waals surface area contributed by atoms with Gasteiger partial charge in [0.05, 0.1) is 45.8 Å². The zero-order valence-corrected chi connectivity index (χ0v) is 36.1. The van der Waals surface area contributed by atoms with Crippen molar-refractivity contribution >= 4 is 74.7 Å². The number of anilines is 5. The Labute approximate surface area is 366 Å². The normalized spacial score (nSPS) is 15.9. The Bertz CT molecular complexity index is 2540. The molecular formula is C45H45Cl2F3N8O2S. The molecule has 0 unspecified atom stereocenters. The quantitative estimate of drug-likeness (QED) is 0.160. The zero-order chi connectivity index (χ0) is 42.7. The first kappa shape index (κ1) is 42.8. The van der Waals surface area contributed by atoms with E-state index in [1.54, 1.807) is 55.3 Å². The van der Waals surface area contributed by atoms with E-state index in [9.17, 15) is 18.0 Å². The smallest absolute Gasteiger partial charge is 0.378 e. The van der Waals surface area contributed by atoms with Gasteiger partial charge in [0.1, 0.15) is 5.65 Å². The van der Waals surface area contributed by atoms with Crippen molar-refractivity contribution in [3.8, 4) is 11.1 Å². The number of nitrogens with zero attached hydrogens (tertiary/aromatic N) is 7. The molecule has 10 nitrogen and oxygen atoms in total. The lowest BCUT2D eigenvalue weighted by Gasteiger charge is -2.35. The number of fused-ring (bicyclic) bond motifs is 3. The molecule has 2 fully saturated rings. The Balaban J connectivity index is 0.000000171. The Hall–Kier alpha value is -4.83. The number of morpholine rings is 1. The molecule has 3 aliphatic heterocycles. The molecule has 0 saturated carbocycles. The van der Waals surface area contributed by atoms with E-state index >= 15 is 0 Å². The van der Waals surface area contributed by atoms with Crippen LogP contribution in [0.15, 0.2) is 112 Å². The number of para-hydroxylation sites is 1. The largest absolute Gasteiger partial charge is 0.416 e. The van der Waals surface area contributed by atoms with Gasteiger partial charge in [-0.15, -0.1) is 0 Å². The number of hydrogen-bond acceptors (Lipinski definition) is 10. The molecule has 0 aliphatic carbocycles. The molecule has 9 rings (SSSR count). The van der Waals surface area contributed by atoms with Gasteiger partial charge >= 0.3 is 6.18 Å². The van der Waals surface area contributed by atoms with Crippen molar-refractivity contribution in [2.24, 2.45) is 7.05 Å². The molecule has 0 radical (unpaired) electrons. The number of halogens is 5. The molecule has 0 spiro atoms. The van der Waals surface area contributed by atoms with Crippen molar-refractivity contribution in [3.63, 3.8) is 0 Å². The van der Waals surface area contributed by atoms with Gasteiger partial charge in [-0.3, -0.25) is 9.36 Å². The maximum absolute atomic E-state index is 13.3. The summed E-state index contributed by atoms with van der Waals surface area (Å²) in [5.41, 5.74) is 4.26. The minimum absolute atomic E-state index is 0.239. The molecule has 16 heteroatoms. The van der Waals surface area contributed by atoms with Crippen molar-refractivity contribution in [1.82, 2.24) is 24.3 Å². The third-order valence-corrected chi connectivity index (χ3v) is 12.8. The number of hydrogen-bond donors (Lipinski definition) is 1. The first-order chi connectivity index (χ1) is 29.4. The van der Waals surface area contributed by atoms with Crippen LogP contribution in [0.4, 0.5) is 41.9 Å². The van der Waals surface area contributed by atoms with E-state index < -0.39 is 11.7 Å². The highest BCUT2D eigenvalue weighted by Gasteiger charge is 2.33. The fourth-order valence-corrected chi connectivity index (χ4v) is 9.39. The van der Waals surface area contributed by atoms with Crippen LogP contribution in [-0.2, 0) is 18.0 Å². The number of nitrogens with one attached hydrogen (secondary N) is 1. The second-order valence-corrected chi connectivity index (χ2v) is 17.1. The molecule has 0 bridgehead atoms. The van der Waals surface area contributed by atoms with E-state index in [1.165, 1.54) is 16.7 Å². The predicted molar refractivity (Wildman–Crippen MR) is 241 cm³/mol. The SMILES string of the molecule is CN1CCN(CCCN2c3ccccc3Sc3ccc(C(F)(F)F)cc32)CC1.Cn1c(=O)c(-c2c(Cl)cccc2Cl)cc2cnc(Nc3ccc(N4CCOCC4)cc3)nc21. The van der Waals surface area contributed by atoms with Crippen molar-refractivity contribution in [2.75, 3.05) is 87.7 Å². The second-order valence-electron chi connectivity index (χ2n) is 15.2. The van der Waals surface area contributed by atoms with Crippen LogP contribution in [0.1, 0.15) is 12.0 Å². The van der Waals surface area contributed by atoms with Crippen LogP contribution >= 0.6 is 35.0 Å². The van der Waals surface area contributed by atoms with E-state index in [4.69, 9.17) is 27.9 Å². The Morgan fingerprint density at radius 1 is 0.803 bits per heavy atom. The van der Waals surface area contributed by atoms with E-state index in [1.807, 2.05) is 36.4 Å². The summed E-state index contributed by atoms with van der Waals surface area (Å²) in [4.78, 5) is 33.2. The molecule has 318 valence electrons. The third-order valence-electron chi connectivity index (χ3n) is 11.1. The number of piperazine rings is 1. The number of alkyl halides is 3. The van der Waals surface area contributed by atoms with E-state index in [0.717, 1.165) is 92.3 Å². The monoisotopic (exact) mass is 888 g/mol. The van der Waals surface area contributed by atoms with Crippen LogP contribution in [0.3, 0.4) is 0 Å². The van der Waals surface area contributed by atoms with Crippen molar-refractivity contribution in [3.05, 3.63) is 123 Å². The maximum Gasteiger partial charge on any atom is 0.416 e. The van der Waals surface area contributed by atoms with Crippen molar-refractivity contribution in [1.29, 1.82) is 0 Å². The molecule has 2 saturated heterocycles. The highest BCUT2D eigenvalue weighted by atomic mass is 35.5. The highest BCUT2D eigenvalue weighted by Crippen LogP contribution is 2.49. The fraction of sp³-hybridized carbons (Fsp3) is 0.311. The van der Waals surface area contributed by atoms with Crippen LogP contribution in [0, 0.1) is 0 Å². The number of aryl methyl sites for hydroxylation is 1. The van der Waals surface area contributed by atoms with Gasteiger partial charge < -0.3 is 29.7 Å². The topological polar surface area (TPSA) is 82.0 Å². The molecule has 0 amide bonds. The molecule has 3 aliphatic rings. The fourth-order valence-electron chi connectivity index (χ4n) is 7.72. The molecule has 6 aromatic rings. The van der Waals surface area contributed by atoms with Gasteiger partial charge in [-0.25, -0.2) is 4.98 Å². The molecule has 2 aromatic heterocycles. The number of likely N-dealkylation sites (N-methyl/N-ethyl adjacent to an activating group) is 1. The minimum Gasteiger partial charge on any atom is -0.378 e. The van der Waals surface area contributed by atoms with Crippen LogP contribution < -0.4 is 20.7 Å². The van der Waals surface area contributed by atoms with Gasteiger partial charge in [0.2, 0.25) is 5.95 Å². The lowest BCUT2D eigenvalue weighted by Crippen LogP contribution is -2.45. The Morgan fingerprint density at radius 3 is 2.23 bits per heavy atom. The van der Waals surface area contributed by atoms with Crippen molar-refractivity contribution < 1.29 is 17.9 Å². The summed E-state index contributed by atoms with van der Waals surface area (Å²) in [6.07, 6.45) is -1.74. The van der Waals surface area contributed by atoms with Gasteiger partial charge in [-0.05, 0) is 92.8 Å². The van der Waals surface area contributed by atoms with Gasteiger partial charge in [-0.1, -0.05) is 53.2 Å². The average molecular weight is 890 g/mol. The first-order valence-corrected chi connectivity index (χ1v) is 21.7. The molecular weight excluding hydrogens is 845 g/mol. The van der Waals surface area contributed by atoms with Gasteiger partial charge in [-0.2, -0.15) is 18.2 Å². The summed E-state index contributed by atoms with van der Waals surface area (Å²) >= 11 is 14.2. The molecule has 4 aromatic carbocycles. The third kappa shape index (κ3) is 9.80. The van der Waals surface area contributed by atoms with Crippen LogP contribution in [0.5, 0.6) is 0 Å². The summed E-state index contributed by atoms with van der Waals surface area (Å²) in [5.74, 6) is 0.403.